The molecule has 0 saturated heterocycles. The number of aliphatic imine (C=N–C) groups is 1. The van der Waals surface area contributed by atoms with Crippen LogP contribution < -0.4 is 15.4 Å². The van der Waals surface area contributed by atoms with Crippen molar-refractivity contribution in [3.63, 3.8) is 0 Å². The molecule has 136 valence electrons. The molecule has 1 aliphatic carbocycles. The van der Waals surface area contributed by atoms with Gasteiger partial charge in [0.05, 0.1) is 19.8 Å². The molecule has 0 spiro atoms. The minimum atomic E-state index is 0. The molecule has 1 atom stereocenters. The van der Waals surface area contributed by atoms with E-state index in [0.29, 0.717) is 6.61 Å². The predicted molar refractivity (Wildman–Crippen MR) is 110 cm³/mol. The van der Waals surface area contributed by atoms with Gasteiger partial charge >= 0.3 is 0 Å². The average molecular weight is 447 g/mol. The summed E-state index contributed by atoms with van der Waals surface area (Å²) in [5.41, 5.74) is 2.34. The monoisotopic (exact) mass is 447 g/mol. The molecule has 24 heavy (non-hydrogen) atoms. The largest absolute Gasteiger partial charge is 0.496 e. The molecule has 1 aromatic rings. The van der Waals surface area contributed by atoms with Crippen LogP contribution in [-0.2, 0) is 4.74 Å². The summed E-state index contributed by atoms with van der Waals surface area (Å²) in [7, 11) is 3.48. The molecule has 2 rings (SSSR count). The van der Waals surface area contributed by atoms with Gasteiger partial charge in [-0.2, -0.15) is 0 Å². The summed E-state index contributed by atoms with van der Waals surface area (Å²) in [5.74, 6) is 2.47. The molecule has 0 aromatic heterocycles. The Labute approximate surface area is 162 Å². The van der Waals surface area contributed by atoms with Crippen molar-refractivity contribution in [3.8, 4) is 5.75 Å². The Morgan fingerprint density at radius 2 is 2.12 bits per heavy atom. The first-order valence-electron chi connectivity index (χ1n) is 8.33. The van der Waals surface area contributed by atoms with Crippen LogP contribution in [-0.4, -0.2) is 39.9 Å². The maximum absolute atomic E-state index is 5.63. The summed E-state index contributed by atoms with van der Waals surface area (Å²) < 4.78 is 11.1. The fourth-order valence-electron chi connectivity index (χ4n) is 2.45. The molecular weight excluding hydrogens is 417 g/mol. The van der Waals surface area contributed by atoms with E-state index in [1.807, 2.05) is 6.07 Å². The number of benzene rings is 1. The Bertz CT molecular complexity index is 533. The van der Waals surface area contributed by atoms with Crippen LogP contribution in [0.5, 0.6) is 5.75 Å². The summed E-state index contributed by atoms with van der Waals surface area (Å²) in [4.78, 5) is 4.27. The van der Waals surface area contributed by atoms with Crippen molar-refractivity contribution in [1.82, 2.24) is 10.6 Å². The normalized spacial score (nSPS) is 15.4. The predicted octanol–water partition coefficient (Wildman–Crippen LogP) is 3.27. The SMILES string of the molecule is CN=C(NCCOCC1CC1)NC(C)c1cc(C)ccc1OC.I. The first-order valence-corrected chi connectivity index (χ1v) is 8.33. The van der Waals surface area contributed by atoms with Crippen molar-refractivity contribution in [3.05, 3.63) is 29.3 Å². The van der Waals surface area contributed by atoms with Crippen LogP contribution in [0, 0.1) is 12.8 Å². The van der Waals surface area contributed by atoms with Crippen molar-refractivity contribution >= 4 is 29.9 Å². The maximum Gasteiger partial charge on any atom is 0.191 e. The van der Waals surface area contributed by atoms with Gasteiger partial charge in [-0.1, -0.05) is 17.7 Å². The van der Waals surface area contributed by atoms with E-state index >= 15 is 0 Å². The zero-order valence-corrected chi connectivity index (χ0v) is 17.4. The number of rotatable bonds is 8. The minimum Gasteiger partial charge on any atom is -0.496 e. The molecule has 0 aliphatic heterocycles. The second-order valence-corrected chi connectivity index (χ2v) is 6.13. The summed E-state index contributed by atoms with van der Waals surface area (Å²) in [5, 5.41) is 6.69. The van der Waals surface area contributed by atoms with E-state index in [1.54, 1.807) is 14.2 Å². The van der Waals surface area contributed by atoms with Crippen LogP contribution in [0.4, 0.5) is 0 Å². The van der Waals surface area contributed by atoms with Crippen LogP contribution in [0.3, 0.4) is 0 Å². The van der Waals surface area contributed by atoms with Gasteiger partial charge in [0.25, 0.3) is 0 Å². The number of methoxy groups -OCH3 is 1. The van der Waals surface area contributed by atoms with Crippen LogP contribution in [0.25, 0.3) is 0 Å². The molecule has 0 radical (unpaired) electrons. The summed E-state index contributed by atoms with van der Waals surface area (Å²) in [6.45, 7) is 6.54. The Balaban J connectivity index is 0.00000288. The Morgan fingerprint density at radius 1 is 1.38 bits per heavy atom. The van der Waals surface area contributed by atoms with Crippen LogP contribution in [0.2, 0.25) is 0 Å². The van der Waals surface area contributed by atoms with Gasteiger partial charge in [-0.15, -0.1) is 24.0 Å². The van der Waals surface area contributed by atoms with Gasteiger partial charge in [0.2, 0.25) is 0 Å². The molecule has 1 aliphatic rings. The van der Waals surface area contributed by atoms with Crippen molar-refractivity contribution in [2.45, 2.75) is 32.7 Å². The lowest BCUT2D eigenvalue weighted by Crippen LogP contribution is -2.40. The average Bonchev–Trinajstić information content (AvgIpc) is 3.37. The molecular formula is C18H30IN3O2. The van der Waals surface area contributed by atoms with Crippen LogP contribution in [0.1, 0.15) is 36.9 Å². The van der Waals surface area contributed by atoms with E-state index in [-0.39, 0.29) is 30.0 Å². The van der Waals surface area contributed by atoms with E-state index in [0.717, 1.165) is 36.3 Å². The van der Waals surface area contributed by atoms with Crippen LogP contribution in [0.15, 0.2) is 23.2 Å². The molecule has 1 saturated carbocycles. The van der Waals surface area contributed by atoms with Gasteiger partial charge in [0, 0.05) is 25.8 Å². The number of hydrogen-bond acceptors (Lipinski definition) is 3. The number of hydrogen-bond donors (Lipinski definition) is 2. The maximum atomic E-state index is 5.63. The van der Waals surface area contributed by atoms with E-state index in [2.05, 4.69) is 41.6 Å². The Hall–Kier alpha value is -1.02. The first-order chi connectivity index (χ1) is 11.1. The number of aryl methyl sites for hydroxylation is 1. The molecule has 1 fully saturated rings. The molecule has 5 nitrogen and oxygen atoms in total. The number of nitrogens with zero attached hydrogens (tertiary/aromatic N) is 1. The molecule has 1 aromatic carbocycles. The molecule has 0 amide bonds. The fraction of sp³-hybridized carbons (Fsp3) is 0.611. The molecule has 2 N–H and O–H groups in total. The van der Waals surface area contributed by atoms with E-state index < -0.39 is 0 Å². The van der Waals surface area contributed by atoms with Crippen molar-refractivity contribution in [1.29, 1.82) is 0 Å². The van der Waals surface area contributed by atoms with Crippen molar-refractivity contribution < 1.29 is 9.47 Å². The number of guanidine groups is 1. The van der Waals surface area contributed by atoms with Crippen molar-refractivity contribution in [2.24, 2.45) is 10.9 Å². The highest BCUT2D eigenvalue weighted by Gasteiger charge is 2.20. The van der Waals surface area contributed by atoms with Gasteiger partial charge < -0.3 is 20.1 Å². The van der Waals surface area contributed by atoms with Crippen LogP contribution >= 0.6 is 24.0 Å². The molecule has 1 unspecified atom stereocenters. The van der Waals surface area contributed by atoms with Gasteiger partial charge in [0.15, 0.2) is 5.96 Å². The highest BCUT2D eigenvalue weighted by atomic mass is 127. The third kappa shape index (κ3) is 6.84. The Morgan fingerprint density at radius 3 is 2.75 bits per heavy atom. The standard InChI is InChI=1S/C18H29N3O2.HI/c1-13-5-8-17(22-4)16(11-13)14(2)21-18(19-3)20-9-10-23-12-15-6-7-15;/h5,8,11,14-15H,6-7,9-10,12H2,1-4H3,(H2,19,20,21);1H. The third-order valence-corrected chi connectivity index (χ3v) is 4.02. The molecule has 0 heterocycles. The van der Waals surface area contributed by atoms with E-state index in [4.69, 9.17) is 9.47 Å². The lowest BCUT2D eigenvalue weighted by atomic mass is 10.0. The van der Waals surface area contributed by atoms with Gasteiger partial charge in [-0.25, -0.2) is 0 Å². The highest BCUT2D eigenvalue weighted by Crippen LogP contribution is 2.28. The highest BCUT2D eigenvalue weighted by molar-refractivity contribution is 14.0. The fourth-order valence-corrected chi connectivity index (χ4v) is 2.45. The quantitative estimate of drug-likeness (QED) is 0.278. The second kappa shape index (κ2) is 10.8. The van der Waals surface area contributed by atoms with E-state index in [1.165, 1.54) is 18.4 Å². The third-order valence-electron chi connectivity index (χ3n) is 4.02. The zero-order valence-electron chi connectivity index (χ0n) is 15.1. The number of ether oxygens (including phenoxy) is 2. The lowest BCUT2D eigenvalue weighted by Gasteiger charge is -2.20. The summed E-state index contributed by atoms with van der Waals surface area (Å²) in [6.07, 6.45) is 2.65. The van der Waals surface area contributed by atoms with Gasteiger partial charge in [0.1, 0.15) is 5.75 Å². The zero-order chi connectivity index (χ0) is 16.7. The second-order valence-electron chi connectivity index (χ2n) is 6.13. The molecule has 0 bridgehead atoms. The van der Waals surface area contributed by atoms with Gasteiger partial charge in [-0.3, -0.25) is 4.99 Å². The van der Waals surface area contributed by atoms with Gasteiger partial charge in [-0.05, 0) is 38.7 Å². The summed E-state index contributed by atoms with van der Waals surface area (Å²) >= 11 is 0. The summed E-state index contributed by atoms with van der Waals surface area (Å²) in [6, 6.07) is 6.30. The lowest BCUT2D eigenvalue weighted by molar-refractivity contribution is 0.129. The smallest absolute Gasteiger partial charge is 0.191 e. The first kappa shape index (κ1) is 21.0. The minimum absolute atomic E-state index is 0. The van der Waals surface area contributed by atoms with Crippen molar-refractivity contribution in [2.75, 3.05) is 33.9 Å². The number of halogens is 1. The topological polar surface area (TPSA) is 54.9 Å². The Kier molecular flexibility index (Phi) is 9.43. The number of nitrogens with one attached hydrogen (secondary N) is 2. The molecule has 6 heteroatoms. The van der Waals surface area contributed by atoms with E-state index in [9.17, 15) is 0 Å².